The maximum absolute atomic E-state index is 6.01. The first kappa shape index (κ1) is 30.4. The summed E-state index contributed by atoms with van der Waals surface area (Å²) in [7, 11) is 7.34. The van der Waals surface area contributed by atoms with Gasteiger partial charge in [-0.2, -0.15) is 0 Å². The first-order chi connectivity index (χ1) is 21.2. The number of thiazole rings is 1. The van der Waals surface area contributed by atoms with Crippen molar-refractivity contribution in [1.82, 2.24) is 29.5 Å². The lowest BCUT2D eigenvalue weighted by molar-refractivity contribution is 0.220. The molecule has 222 valence electrons. The number of para-hydroxylation sites is 2. The molecule has 2 aromatic heterocycles. The first-order valence-electron chi connectivity index (χ1n) is 13.6. The van der Waals surface area contributed by atoms with E-state index in [9.17, 15) is 0 Å². The Balaban J connectivity index is 1.62. The summed E-state index contributed by atoms with van der Waals surface area (Å²) in [4.78, 5) is 13.3. The Bertz CT molecular complexity index is 1870. The molecule has 0 N–H and O–H groups in total. The van der Waals surface area contributed by atoms with Gasteiger partial charge in [0.1, 0.15) is 16.5 Å². The van der Waals surface area contributed by atoms with Crippen LogP contribution >= 0.6 is 23.6 Å². The van der Waals surface area contributed by atoms with Gasteiger partial charge < -0.3 is 19.3 Å². The number of ether oxygens (including phenoxy) is 2. The minimum absolute atomic E-state index is 0.318. The molecule has 0 aliphatic carbocycles. The monoisotopic (exact) mass is 620 g/mol. The van der Waals surface area contributed by atoms with Gasteiger partial charge in [0, 0.05) is 33.8 Å². The molecule has 5 aromatic rings. The van der Waals surface area contributed by atoms with Crippen LogP contribution in [0.5, 0.6) is 5.75 Å². The molecule has 0 aliphatic heterocycles. The van der Waals surface area contributed by atoms with Crippen molar-refractivity contribution < 1.29 is 9.47 Å². The van der Waals surface area contributed by atoms with E-state index < -0.39 is 0 Å². The van der Waals surface area contributed by atoms with E-state index in [0.29, 0.717) is 45.4 Å². The highest BCUT2D eigenvalue weighted by molar-refractivity contribution is 7.80. The number of benzene rings is 3. The number of fused-ring (bicyclic) bond motifs is 1. The van der Waals surface area contributed by atoms with E-state index in [0.717, 1.165) is 26.5 Å². The Labute approximate surface area is 266 Å². The number of nitrogens with zero attached hydrogens (tertiary/aromatic N) is 6. The van der Waals surface area contributed by atoms with Crippen LogP contribution in [0.15, 0.2) is 116 Å². The summed E-state index contributed by atoms with van der Waals surface area (Å²) >= 11 is 7.07. The number of hydrogen-bond acceptors (Lipinski definition) is 8. The lowest BCUT2D eigenvalue weighted by atomic mass is 10.1. The van der Waals surface area contributed by atoms with Gasteiger partial charge in [0.05, 0.1) is 27.0 Å². The minimum atomic E-state index is 0.318. The molecule has 0 atom stereocenters. The van der Waals surface area contributed by atoms with Gasteiger partial charge in [-0.05, 0) is 73.4 Å². The zero-order valence-corrected chi connectivity index (χ0v) is 26.7. The maximum atomic E-state index is 6.01. The summed E-state index contributed by atoms with van der Waals surface area (Å²) in [6.07, 6.45) is 3.44. The Morgan fingerprint density at radius 1 is 0.909 bits per heavy atom. The summed E-state index contributed by atoms with van der Waals surface area (Å²) < 4.78 is 14.9. The van der Waals surface area contributed by atoms with Crippen molar-refractivity contribution in [2.24, 2.45) is 0 Å². The van der Waals surface area contributed by atoms with Crippen LogP contribution in [-0.4, -0.2) is 62.9 Å². The van der Waals surface area contributed by atoms with Crippen LogP contribution in [0.25, 0.3) is 43.4 Å². The molecule has 5 rings (SSSR count). The van der Waals surface area contributed by atoms with E-state index in [2.05, 4.69) is 25.8 Å². The second-order valence-electron chi connectivity index (χ2n) is 10.1. The van der Waals surface area contributed by atoms with Crippen LogP contribution in [0.3, 0.4) is 0 Å². The number of aromatic nitrogens is 4. The highest BCUT2D eigenvalue weighted by Crippen LogP contribution is 2.34. The fourth-order valence-corrected chi connectivity index (χ4v) is 5.21. The zero-order chi connectivity index (χ0) is 31.4. The number of hydrogen-bond donors (Lipinski definition) is 0. The van der Waals surface area contributed by atoms with Crippen molar-refractivity contribution in [2.75, 3.05) is 28.2 Å². The third-order valence-corrected chi connectivity index (χ3v) is 8.05. The number of rotatable bonds is 10. The molecule has 2 heterocycles. The summed E-state index contributed by atoms with van der Waals surface area (Å²) in [6.45, 7) is 12.1. The van der Waals surface area contributed by atoms with Gasteiger partial charge in [0.15, 0.2) is 17.5 Å². The van der Waals surface area contributed by atoms with Gasteiger partial charge in [-0.25, -0.2) is 14.6 Å². The third kappa shape index (κ3) is 6.46. The van der Waals surface area contributed by atoms with Crippen LogP contribution in [0.2, 0.25) is 0 Å². The molecule has 44 heavy (non-hydrogen) atoms. The van der Waals surface area contributed by atoms with Gasteiger partial charge in [-0.3, -0.25) is 0 Å². The molecule has 0 unspecified atom stereocenters. The van der Waals surface area contributed by atoms with E-state index in [-0.39, 0.29) is 0 Å². The summed E-state index contributed by atoms with van der Waals surface area (Å²) in [5.74, 6) is 2.22. The fourth-order valence-electron chi connectivity index (χ4n) is 4.15. The summed E-state index contributed by atoms with van der Waals surface area (Å²) in [5, 5.41) is 6.21. The lowest BCUT2D eigenvalue weighted by Crippen LogP contribution is -2.25. The third-order valence-electron chi connectivity index (χ3n) is 6.52. The van der Waals surface area contributed by atoms with Crippen molar-refractivity contribution >= 4 is 44.5 Å². The minimum Gasteiger partial charge on any atom is -0.442 e. The lowest BCUT2D eigenvalue weighted by Gasteiger charge is -2.19. The zero-order valence-electron chi connectivity index (χ0n) is 25.0. The van der Waals surface area contributed by atoms with Crippen LogP contribution in [0.4, 0.5) is 0 Å². The van der Waals surface area contributed by atoms with Gasteiger partial charge in [0.25, 0.3) is 5.17 Å². The molecule has 0 saturated heterocycles. The smallest absolute Gasteiger partial charge is 0.264 e. The Hall–Kier alpha value is -5.06. The molecule has 0 bridgehead atoms. The molecule has 8 nitrogen and oxygen atoms in total. The normalized spacial score (nSPS) is 11.2. The summed E-state index contributed by atoms with van der Waals surface area (Å²) in [6, 6.07) is 23.7. The van der Waals surface area contributed by atoms with Crippen molar-refractivity contribution in [2.45, 2.75) is 0 Å². The standard InChI is InChI=1S/C34H32N6O2S2/c1-8-13-26(22(2)41-23(3)38(4)5)32-36-31(27-14-9-11-16-29(27)42-34(43)39(6)7)37-40(32)25-20-18-24(19-21-25)33-35-28-15-10-12-17-30(28)44-33/h8-21H,1-3H2,4-7H3/b26-13+. The molecule has 10 heteroatoms. The molecule has 0 amide bonds. The Morgan fingerprint density at radius 3 is 2.30 bits per heavy atom. The van der Waals surface area contributed by atoms with Gasteiger partial charge in [-0.15, -0.1) is 16.4 Å². The van der Waals surface area contributed by atoms with Gasteiger partial charge >= 0.3 is 0 Å². The van der Waals surface area contributed by atoms with Crippen molar-refractivity contribution in [3.63, 3.8) is 0 Å². The van der Waals surface area contributed by atoms with E-state index in [4.69, 9.17) is 36.8 Å². The molecular weight excluding hydrogens is 589 g/mol. The number of allylic oxidation sites excluding steroid dienone is 3. The van der Waals surface area contributed by atoms with Crippen LogP contribution in [0.1, 0.15) is 5.82 Å². The van der Waals surface area contributed by atoms with E-state index in [1.54, 1.807) is 38.0 Å². The molecule has 0 radical (unpaired) electrons. The summed E-state index contributed by atoms with van der Waals surface area (Å²) in [5.41, 5.74) is 4.01. The maximum Gasteiger partial charge on any atom is 0.264 e. The van der Waals surface area contributed by atoms with E-state index in [1.165, 1.54) is 0 Å². The topological polar surface area (TPSA) is 68.5 Å². The average Bonchev–Trinajstić information content (AvgIpc) is 3.65. The molecule has 3 aromatic carbocycles. The van der Waals surface area contributed by atoms with Gasteiger partial charge in [-0.1, -0.05) is 43.5 Å². The quantitative estimate of drug-likeness (QED) is 0.0900. The first-order valence-corrected chi connectivity index (χ1v) is 14.9. The van der Waals surface area contributed by atoms with E-state index in [1.807, 2.05) is 94.9 Å². The molecule has 0 saturated carbocycles. The van der Waals surface area contributed by atoms with Crippen molar-refractivity contribution in [3.05, 3.63) is 122 Å². The van der Waals surface area contributed by atoms with Crippen molar-refractivity contribution in [1.29, 1.82) is 0 Å². The molecule has 0 aliphatic rings. The highest BCUT2D eigenvalue weighted by atomic mass is 32.1. The fraction of sp³-hybridized carbons (Fsp3) is 0.118. The largest absolute Gasteiger partial charge is 0.442 e. The SMILES string of the molecule is C=C/C=C(\C(=C)OC(=C)N(C)C)c1nc(-c2ccccc2OC(=S)N(C)C)nn1-c1ccc(-c2nc3ccccc3s2)cc1. The Kier molecular flexibility index (Phi) is 9.03. The van der Waals surface area contributed by atoms with Crippen LogP contribution in [0, 0.1) is 0 Å². The Morgan fingerprint density at radius 2 is 1.61 bits per heavy atom. The predicted molar refractivity (Wildman–Crippen MR) is 184 cm³/mol. The average molecular weight is 621 g/mol. The van der Waals surface area contributed by atoms with Crippen LogP contribution < -0.4 is 4.74 Å². The molecule has 0 spiro atoms. The van der Waals surface area contributed by atoms with Gasteiger partial charge in [0.2, 0.25) is 0 Å². The van der Waals surface area contributed by atoms with Crippen LogP contribution in [-0.2, 0) is 4.74 Å². The molecule has 0 fully saturated rings. The highest BCUT2D eigenvalue weighted by Gasteiger charge is 2.23. The molecular formula is C34H32N6O2S2. The van der Waals surface area contributed by atoms with E-state index >= 15 is 0 Å². The second-order valence-corrected chi connectivity index (χ2v) is 11.5. The predicted octanol–water partition coefficient (Wildman–Crippen LogP) is 7.57. The van der Waals surface area contributed by atoms with Crippen molar-refractivity contribution in [3.8, 4) is 33.4 Å². The number of thiocarbonyl (C=S) groups is 1. The second kappa shape index (κ2) is 13.1.